The maximum absolute atomic E-state index is 13.6. The van der Waals surface area contributed by atoms with E-state index in [0.717, 1.165) is 19.0 Å². The average Bonchev–Trinajstić information content (AvgIpc) is 3.73. The lowest BCUT2D eigenvalue weighted by Crippen LogP contribution is -2.47. The number of likely N-dealkylation sites (N-methyl/N-ethyl adjacent to an activating group) is 1. The summed E-state index contributed by atoms with van der Waals surface area (Å²) in [6.45, 7) is 7.25. The molecular weight excluding hydrogens is 470 g/mol. The Morgan fingerprint density at radius 1 is 1.11 bits per heavy atom. The van der Waals surface area contributed by atoms with Crippen LogP contribution in [-0.4, -0.2) is 81.3 Å². The summed E-state index contributed by atoms with van der Waals surface area (Å²) < 4.78 is 17.3. The molecule has 0 saturated heterocycles. The molecule has 1 fully saturated rings. The summed E-state index contributed by atoms with van der Waals surface area (Å²) in [4.78, 5) is 30.6. The van der Waals surface area contributed by atoms with E-state index < -0.39 is 0 Å². The first-order valence-electron chi connectivity index (χ1n) is 13.0. The van der Waals surface area contributed by atoms with E-state index in [2.05, 4.69) is 24.1 Å². The fraction of sp³-hybridized carbons (Fsp3) is 0.517. The number of nitrogens with one attached hydrogen (secondary N) is 1. The van der Waals surface area contributed by atoms with Crippen molar-refractivity contribution in [3.63, 3.8) is 0 Å². The maximum Gasteiger partial charge on any atom is 0.257 e. The summed E-state index contributed by atoms with van der Waals surface area (Å²) in [7, 11) is 5.05. The SMILES string of the molecule is COc1cccc(C(=O)Nc2ccc3c(c2)C(=O)N(C)C[C@H](OC)[C@H](C)CN(CC2CC2)[C@H](C)CO3)c1. The van der Waals surface area contributed by atoms with Crippen LogP contribution in [0.1, 0.15) is 47.4 Å². The van der Waals surface area contributed by atoms with Gasteiger partial charge in [0.2, 0.25) is 0 Å². The minimum absolute atomic E-state index is 0.0948. The summed E-state index contributed by atoms with van der Waals surface area (Å²) in [5.74, 6) is 1.65. The minimum atomic E-state index is -0.286. The van der Waals surface area contributed by atoms with Crippen LogP contribution in [0.5, 0.6) is 11.5 Å². The first-order valence-corrected chi connectivity index (χ1v) is 13.0. The molecule has 4 rings (SSSR count). The standard InChI is InChI=1S/C29H39N3O5/c1-19-15-32(16-21-9-10-21)20(2)18-37-26-12-11-23(14-25(26)29(34)31(3)17-27(19)36-5)30-28(33)22-7-6-8-24(13-22)35-4/h6-8,11-14,19-21,27H,9-10,15-18H2,1-5H3,(H,30,33)/t19-,20-,27+/m1/s1. The van der Waals surface area contributed by atoms with Gasteiger partial charge in [-0.3, -0.25) is 14.5 Å². The highest BCUT2D eigenvalue weighted by atomic mass is 16.5. The van der Waals surface area contributed by atoms with Gasteiger partial charge in [0.15, 0.2) is 0 Å². The lowest BCUT2D eigenvalue weighted by atomic mass is 10.0. The zero-order chi connectivity index (χ0) is 26.5. The van der Waals surface area contributed by atoms with Crippen LogP contribution in [0.2, 0.25) is 0 Å². The third kappa shape index (κ3) is 6.81. The van der Waals surface area contributed by atoms with Crippen LogP contribution in [-0.2, 0) is 4.74 Å². The van der Waals surface area contributed by atoms with E-state index in [1.54, 1.807) is 68.6 Å². The second-order valence-corrected chi connectivity index (χ2v) is 10.4. The molecule has 8 nitrogen and oxygen atoms in total. The zero-order valence-electron chi connectivity index (χ0n) is 22.5. The monoisotopic (exact) mass is 509 g/mol. The molecule has 2 aromatic carbocycles. The number of hydrogen-bond donors (Lipinski definition) is 1. The fourth-order valence-corrected chi connectivity index (χ4v) is 4.78. The molecule has 1 N–H and O–H groups in total. The number of ether oxygens (including phenoxy) is 3. The van der Waals surface area contributed by atoms with E-state index in [9.17, 15) is 9.59 Å². The lowest BCUT2D eigenvalue weighted by Gasteiger charge is -2.36. The Bertz CT molecular complexity index is 1100. The number of nitrogens with zero attached hydrogens (tertiary/aromatic N) is 2. The molecule has 1 saturated carbocycles. The number of rotatable bonds is 6. The van der Waals surface area contributed by atoms with Gasteiger partial charge >= 0.3 is 0 Å². The second kappa shape index (κ2) is 12.0. The van der Waals surface area contributed by atoms with Crippen molar-refractivity contribution < 1.29 is 23.8 Å². The van der Waals surface area contributed by atoms with Gasteiger partial charge in [0, 0.05) is 51.1 Å². The van der Waals surface area contributed by atoms with Crippen molar-refractivity contribution in [3.05, 3.63) is 53.6 Å². The van der Waals surface area contributed by atoms with Crippen molar-refractivity contribution in [2.24, 2.45) is 11.8 Å². The maximum atomic E-state index is 13.6. The van der Waals surface area contributed by atoms with Gasteiger partial charge in [-0.1, -0.05) is 13.0 Å². The Hall–Kier alpha value is -3.10. The minimum Gasteiger partial charge on any atom is -0.497 e. The van der Waals surface area contributed by atoms with Crippen molar-refractivity contribution in [1.82, 2.24) is 9.80 Å². The van der Waals surface area contributed by atoms with E-state index in [-0.39, 0.29) is 29.9 Å². The topological polar surface area (TPSA) is 80.3 Å². The zero-order valence-corrected chi connectivity index (χ0v) is 22.5. The summed E-state index contributed by atoms with van der Waals surface area (Å²) in [6, 6.07) is 12.3. The Morgan fingerprint density at radius 3 is 2.59 bits per heavy atom. The molecule has 2 aromatic rings. The highest BCUT2D eigenvalue weighted by Crippen LogP contribution is 2.32. The average molecular weight is 510 g/mol. The van der Waals surface area contributed by atoms with Crippen LogP contribution in [0.3, 0.4) is 0 Å². The van der Waals surface area contributed by atoms with Crippen LogP contribution >= 0.6 is 0 Å². The molecule has 0 bridgehead atoms. The molecule has 8 heteroatoms. The number of fused-ring (bicyclic) bond motifs is 1. The van der Waals surface area contributed by atoms with Gasteiger partial charge in [-0.2, -0.15) is 0 Å². The largest absolute Gasteiger partial charge is 0.497 e. The van der Waals surface area contributed by atoms with Crippen LogP contribution < -0.4 is 14.8 Å². The van der Waals surface area contributed by atoms with Gasteiger partial charge in [0.1, 0.15) is 18.1 Å². The third-order valence-corrected chi connectivity index (χ3v) is 7.35. The van der Waals surface area contributed by atoms with Crippen molar-refractivity contribution in [2.75, 3.05) is 52.8 Å². The summed E-state index contributed by atoms with van der Waals surface area (Å²) in [5.41, 5.74) is 1.40. The molecule has 1 aliphatic carbocycles. The molecule has 1 heterocycles. The lowest BCUT2D eigenvalue weighted by molar-refractivity contribution is 0.00994. The predicted molar refractivity (Wildman–Crippen MR) is 144 cm³/mol. The molecule has 37 heavy (non-hydrogen) atoms. The molecule has 0 unspecified atom stereocenters. The Morgan fingerprint density at radius 2 is 1.89 bits per heavy atom. The van der Waals surface area contributed by atoms with Crippen LogP contribution in [0.4, 0.5) is 5.69 Å². The van der Waals surface area contributed by atoms with Crippen molar-refractivity contribution in [1.29, 1.82) is 0 Å². The van der Waals surface area contributed by atoms with Gasteiger partial charge in [-0.05, 0) is 68.0 Å². The summed E-state index contributed by atoms with van der Waals surface area (Å²) in [5, 5.41) is 2.90. The molecule has 0 spiro atoms. The molecule has 2 aliphatic rings. The quantitative estimate of drug-likeness (QED) is 0.630. The molecule has 0 aromatic heterocycles. The Labute approximate surface area is 219 Å². The van der Waals surface area contributed by atoms with Gasteiger partial charge in [-0.25, -0.2) is 0 Å². The van der Waals surface area contributed by atoms with E-state index in [4.69, 9.17) is 14.2 Å². The molecule has 200 valence electrons. The normalized spacial score (nSPS) is 23.3. The van der Waals surface area contributed by atoms with E-state index in [1.807, 2.05) is 0 Å². The van der Waals surface area contributed by atoms with Crippen LogP contribution in [0.15, 0.2) is 42.5 Å². The molecule has 3 atom stereocenters. The van der Waals surface area contributed by atoms with Gasteiger partial charge < -0.3 is 24.4 Å². The Kier molecular flexibility index (Phi) is 8.71. The van der Waals surface area contributed by atoms with Crippen molar-refractivity contribution in [3.8, 4) is 11.5 Å². The first-order chi connectivity index (χ1) is 17.8. The predicted octanol–water partition coefficient (Wildman–Crippen LogP) is 4.16. The molecule has 2 amide bonds. The third-order valence-electron chi connectivity index (χ3n) is 7.35. The fourth-order valence-electron chi connectivity index (χ4n) is 4.78. The van der Waals surface area contributed by atoms with E-state index in [1.165, 1.54) is 12.8 Å². The van der Waals surface area contributed by atoms with Gasteiger partial charge in [-0.15, -0.1) is 0 Å². The van der Waals surface area contributed by atoms with E-state index in [0.29, 0.717) is 41.5 Å². The van der Waals surface area contributed by atoms with E-state index >= 15 is 0 Å². The summed E-state index contributed by atoms with van der Waals surface area (Å²) in [6.07, 6.45) is 2.48. The van der Waals surface area contributed by atoms with Crippen LogP contribution in [0.25, 0.3) is 0 Å². The number of benzene rings is 2. The smallest absolute Gasteiger partial charge is 0.257 e. The molecular formula is C29H39N3O5. The van der Waals surface area contributed by atoms with Crippen molar-refractivity contribution in [2.45, 2.75) is 38.8 Å². The number of carbonyl (C=O) groups excluding carboxylic acids is 2. The van der Waals surface area contributed by atoms with Crippen molar-refractivity contribution >= 4 is 17.5 Å². The number of amides is 2. The Balaban J connectivity index is 1.60. The first kappa shape index (κ1) is 26.9. The highest BCUT2D eigenvalue weighted by Gasteiger charge is 2.31. The number of carbonyl (C=O) groups is 2. The molecule has 0 radical (unpaired) electrons. The molecule has 1 aliphatic heterocycles. The van der Waals surface area contributed by atoms with Gasteiger partial charge in [0.05, 0.1) is 18.8 Å². The number of anilines is 1. The second-order valence-electron chi connectivity index (χ2n) is 10.4. The summed E-state index contributed by atoms with van der Waals surface area (Å²) >= 11 is 0. The van der Waals surface area contributed by atoms with Gasteiger partial charge in [0.25, 0.3) is 11.8 Å². The number of hydrogen-bond acceptors (Lipinski definition) is 6. The van der Waals surface area contributed by atoms with Crippen LogP contribution in [0, 0.1) is 11.8 Å². The number of methoxy groups -OCH3 is 2. The highest BCUT2D eigenvalue weighted by molar-refractivity contribution is 6.05.